The average molecular weight is 338 g/mol. The van der Waals surface area contributed by atoms with Gasteiger partial charge >= 0.3 is 0 Å². The van der Waals surface area contributed by atoms with Crippen molar-refractivity contribution in [2.45, 2.75) is 32.1 Å². The summed E-state index contributed by atoms with van der Waals surface area (Å²) in [5, 5.41) is 7.48. The molecular weight excluding hydrogens is 314 g/mol. The Bertz CT molecular complexity index is 580. The van der Waals surface area contributed by atoms with Gasteiger partial charge in [0.25, 0.3) is 0 Å². The highest BCUT2D eigenvalue weighted by molar-refractivity contribution is 5.85. The third kappa shape index (κ3) is 5.22. The molecule has 1 N–H and O–H groups in total. The van der Waals surface area contributed by atoms with Crippen molar-refractivity contribution < 1.29 is 9.26 Å². The van der Waals surface area contributed by atoms with Crippen LogP contribution in [0.3, 0.4) is 0 Å². The van der Waals surface area contributed by atoms with Crippen LogP contribution in [-0.2, 0) is 12.8 Å². The molecule has 1 aromatic carbocycles. The van der Waals surface area contributed by atoms with Gasteiger partial charge in [-0.3, -0.25) is 0 Å². The fourth-order valence-corrected chi connectivity index (χ4v) is 2.89. The van der Waals surface area contributed by atoms with Crippen molar-refractivity contribution in [3.8, 4) is 5.75 Å². The second-order valence-corrected chi connectivity index (χ2v) is 5.86. The number of methoxy groups -OCH3 is 1. The molecule has 0 aliphatic carbocycles. The van der Waals surface area contributed by atoms with Crippen molar-refractivity contribution in [1.82, 2.24) is 15.5 Å². The summed E-state index contributed by atoms with van der Waals surface area (Å²) >= 11 is 0. The maximum Gasteiger partial charge on any atom is 0.226 e. The molecule has 0 saturated carbocycles. The molecule has 0 radical (unpaired) electrons. The Morgan fingerprint density at radius 2 is 1.96 bits per heavy atom. The van der Waals surface area contributed by atoms with Gasteiger partial charge in [-0.05, 0) is 56.0 Å². The molecule has 0 atom stereocenters. The van der Waals surface area contributed by atoms with Gasteiger partial charge in [-0.15, -0.1) is 12.4 Å². The zero-order valence-electron chi connectivity index (χ0n) is 13.5. The van der Waals surface area contributed by atoms with Crippen LogP contribution in [0.4, 0.5) is 0 Å². The Balaban J connectivity index is 0.00000192. The van der Waals surface area contributed by atoms with Crippen molar-refractivity contribution in [3.63, 3.8) is 0 Å². The Labute approximate surface area is 143 Å². The van der Waals surface area contributed by atoms with Crippen LogP contribution in [0, 0.1) is 5.92 Å². The number of hydrogen-bond donors (Lipinski definition) is 1. The van der Waals surface area contributed by atoms with Gasteiger partial charge in [0.2, 0.25) is 5.89 Å². The van der Waals surface area contributed by atoms with Crippen LogP contribution in [0.25, 0.3) is 0 Å². The Morgan fingerprint density at radius 1 is 1.22 bits per heavy atom. The maximum absolute atomic E-state index is 5.37. The van der Waals surface area contributed by atoms with Crippen LogP contribution in [0.1, 0.15) is 36.5 Å². The number of piperidine rings is 1. The summed E-state index contributed by atoms with van der Waals surface area (Å²) in [6, 6.07) is 7.97. The van der Waals surface area contributed by atoms with E-state index in [1.165, 1.54) is 12.8 Å². The van der Waals surface area contributed by atoms with Gasteiger partial charge in [0.05, 0.1) is 7.11 Å². The number of hydrogen-bond acceptors (Lipinski definition) is 5. The zero-order chi connectivity index (χ0) is 15.2. The van der Waals surface area contributed by atoms with E-state index >= 15 is 0 Å². The molecule has 3 rings (SSSR count). The molecule has 1 aromatic heterocycles. The van der Waals surface area contributed by atoms with E-state index in [9.17, 15) is 0 Å². The van der Waals surface area contributed by atoms with Gasteiger partial charge in [0.15, 0.2) is 5.82 Å². The largest absolute Gasteiger partial charge is 0.497 e. The summed E-state index contributed by atoms with van der Waals surface area (Å²) in [6.07, 6.45) is 5.24. The molecule has 23 heavy (non-hydrogen) atoms. The van der Waals surface area contributed by atoms with Gasteiger partial charge in [0.1, 0.15) is 5.75 Å². The molecule has 1 fully saturated rings. The van der Waals surface area contributed by atoms with Crippen LogP contribution in [0.15, 0.2) is 28.8 Å². The third-order valence-corrected chi connectivity index (χ3v) is 4.26. The van der Waals surface area contributed by atoms with Gasteiger partial charge < -0.3 is 14.6 Å². The molecule has 2 heterocycles. The fraction of sp³-hybridized carbons (Fsp3) is 0.529. The van der Waals surface area contributed by atoms with E-state index in [0.29, 0.717) is 6.42 Å². The Hall–Kier alpha value is -1.59. The van der Waals surface area contributed by atoms with Crippen molar-refractivity contribution in [2.75, 3.05) is 20.2 Å². The number of ether oxygens (including phenoxy) is 1. The van der Waals surface area contributed by atoms with Gasteiger partial charge in [-0.1, -0.05) is 17.3 Å². The quantitative estimate of drug-likeness (QED) is 0.878. The van der Waals surface area contributed by atoms with E-state index in [2.05, 4.69) is 15.5 Å². The van der Waals surface area contributed by atoms with E-state index in [1.807, 2.05) is 24.3 Å². The number of nitrogens with zero attached hydrogens (tertiary/aromatic N) is 2. The highest BCUT2D eigenvalue weighted by Crippen LogP contribution is 2.19. The summed E-state index contributed by atoms with van der Waals surface area (Å²) in [5.41, 5.74) is 1.16. The molecule has 0 amide bonds. The number of aryl methyl sites for hydroxylation is 1. The van der Waals surface area contributed by atoms with E-state index < -0.39 is 0 Å². The van der Waals surface area contributed by atoms with Gasteiger partial charge in [0, 0.05) is 12.8 Å². The summed E-state index contributed by atoms with van der Waals surface area (Å²) in [7, 11) is 1.67. The van der Waals surface area contributed by atoms with Crippen LogP contribution in [0.5, 0.6) is 5.75 Å². The second-order valence-electron chi connectivity index (χ2n) is 5.86. The van der Waals surface area contributed by atoms with Crippen LogP contribution >= 0.6 is 12.4 Å². The van der Waals surface area contributed by atoms with Gasteiger partial charge in [-0.2, -0.15) is 4.98 Å². The van der Waals surface area contributed by atoms with E-state index in [-0.39, 0.29) is 12.4 Å². The molecule has 0 bridgehead atoms. The molecular formula is C17H24ClN3O2. The Morgan fingerprint density at radius 3 is 2.65 bits per heavy atom. The minimum Gasteiger partial charge on any atom is -0.497 e. The normalized spacial score (nSPS) is 15.2. The third-order valence-electron chi connectivity index (χ3n) is 4.26. The average Bonchev–Trinajstić information content (AvgIpc) is 3.02. The SMILES string of the molecule is COc1ccc(Cc2noc(CCC3CCNCC3)n2)cc1.Cl. The first-order valence-corrected chi connectivity index (χ1v) is 7.98. The summed E-state index contributed by atoms with van der Waals surface area (Å²) in [6.45, 7) is 2.27. The lowest BCUT2D eigenvalue weighted by Crippen LogP contribution is -2.27. The molecule has 0 unspecified atom stereocenters. The zero-order valence-corrected chi connectivity index (χ0v) is 14.3. The lowest BCUT2D eigenvalue weighted by Gasteiger charge is -2.21. The van der Waals surface area contributed by atoms with E-state index in [0.717, 1.165) is 54.9 Å². The highest BCUT2D eigenvalue weighted by Gasteiger charge is 2.15. The fourth-order valence-electron chi connectivity index (χ4n) is 2.89. The number of rotatable bonds is 6. The number of halogens is 1. The lowest BCUT2D eigenvalue weighted by molar-refractivity contribution is 0.323. The molecule has 1 aliphatic rings. The van der Waals surface area contributed by atoms with Crippen molar-refractivity contribution in [2.24, 2.45) is 5.92 Å². The van der Waals surface area contributed by atoms with Gasteiger partial charge in [-0.25, -0.2) is 0 Å². The first kappa shape index (κ1) is 17.8. The number of nitrogens with one attached hydrogen (secondary N) is 1. The maximum atomic E-state index is 5.37. The molecule has 6 heteroatoms. The minimum absolute atomic E-state index is 0. The predicted molar refractivity (Wildman–Crippen MR) is 91.3 cm³/mol. The summed E-state index contributed by atoms with van der Waals surface area (Å²) in [5.74, 6) is 3.17. The van der Waals surface area contributed by atoms with Crippen LogP contribution in [0.2, 0.25) is 0 Å². The highest BCUT2D eigenvalue weighted by atomic mass is 35.5. The van der Waals surface area contributed by atoms with Crippen molar-refractivity contribution in [1.29, 1.82) is 0 Å². The van der Waals surface area contributed by atoms with E-state index in [1.54, 1.807) is 7.11 Å². The minimum atomic E-state index is 0. The monoisotopic (exact) mass is 337 g/mol. The predicted octanol–water partition coefficient (Wildman–Crippen LogP) is 3.02. The first-order chi connectivity index (χ1) is 10.8. The molecule has 1 aliphatic heterocycles. The van der Waals surface area contributed by atoms with Crippen LogP contribution < -0.4 is 10.1 Å². The van der Waals surface area contributed by atoms with Crippen molar-refractivity contribution >= 4 is 12.4 Å². The van der Waals surface area contributed by atoms with Crippen molar-refractivity contribution in [3.05, 3.63) is 41.5 Å². The standard InChI is InChI=1S/C17H23N3O2.ClH/c1-21-15-5-2-14(3-6-15)12-16-19-17(22-20-16)7-4-13-8-10-18-11-9-13;/h2-3,5-6,13,18H,4,7-12H2,1H3;1H. The molecule has 1 saturated heterocycles. The second kappa shape index (κ2) is 8.89. The summed E-state index contributed by atoms with van der Waals surface area (Å²) in [4.78, 5) is 4.51. The Kier molecular flexibility index (Phi) is 6.86. The molecule has 126 valence electrons. The topological polar surface area (TPSA) is 60.2 Å². The smallest absolute Gasteiger partial charge is 0.226 e. The molecule has 0 spiro atoms. The lowest BCUT2D eigenvalue weighted by atomic mass is 9.93. The number of benzene rings is 1. The molecule has 2 aromatic rings. The summed E-state index contributed by atoms with van der Waals surface area (Å²) < 4.78 is 10.5. The number of aromatic nitrogens is 2. The van der Waals surface area contributed by atoms with E-state index in [4.69, 9.17) is 9.26 Å². The van der Waals surface area contributed by atoms with Crippen LogP contribution in [-0.4, -0.2) is 30.3 Å². The first-order valence-electron chi connectivity index (χ1n) is 7.98. The molecule has 5 nitrogen and oxygen atoms in total.